The first kappa shape index (κ1) is 10.5. The molecule has 0 aromatic carbocycles. The van der Waals surface area contributed by atoms with Gasteiger partial charge in [-0.1, -0.05) is 0 Å². The summed E-state index contributed by atoms with van der Waals surface area (Å²) in [6, 6.07) is 0.463. The van der Waals surface area contributed by atoms with E-state index < -0.39 is 0 Å². The number of nitrogens with zero attached hydrogens (tertiary/aromatic N) is 1. The molecule has 0 aromatic rings. The van der Waals surface area contributed by atoms with Crippen LogP contribution in [-0.4, -0.2) is 50.2 Å². The summed E-state index contributed by atoms with van der Waals surface area (Å²) in [5.41, 5.74) is 0. The van der Waals surface area contributed by atoms with Gasteiger partial charge in [0.1, 0.15) is 6.61 Å². The van der Waals surface area contributed by atoms with E-state index in [2.05, 4.69) is 5.32 Å². The predicted molar refractivity (Wildman–Crippen MR) is 50.5 cm³/mol. The monoisotopic (exact) mass is 186 g/mol. The predicted octanol–water partition coefficient (Wildman–Crippen LogP) is -0.157. The summed E-state index contributed by atoms with van der Waals surface area (Å²) in [6.45, 7) is 4.41. The lowest BCUT2D eigenvalue weighted by molar-refractivity contribution is -0.134. The van der Waals surface area contributed by atoms with Crippen molar-refractivity contribution < 1.29 is 9.53 Å². The molecule has 76 valence electrons. The van der Waals surface area contributed by atoms with Crippen LogP contribution in [0.2, 0.25) is 0 Å². The average molecular weight is 186 g/mol. The van der Waals surface area contributed by atoms with Gasteiger partial charge in [0.15, 0.2) is 0 Å². The van der Waals surface area contributed by atoms with Gasteiger partial charge in [0.25, 0.3) is 0 Å². The van der Waals surface area contributed by atoms with E-state index in [1.165, 1.54) is 0 Å². The standard InChI is InChI=1S/C9H18N2O2/c1-3-13-7-9(12)11-5-4-8(6-11)10-2/h8,10H,3-7H2,1-2H3. The summed E-state index contributed by atoms with van der Waals surface area (Å²) in [4.78, 5) is 13.3. The van der Waals surface area contributed by atoms with Crippen LogP contribution in [0.3, 0.4) is 0 Å². The molecule has 1 atom stereocenters. The van der Waals surface area contributed by atoms with Crippen LogP contribution >= 0.6 is 0 Å². The summed E-state index contributed by atoms with van der Waals surface area (Å²) < 4.78 is 5.06. The maximum absolute atomic E-state index is 11.4. The first-order chi connectivity index (χ1) is 6.27. The second-order valence-corrected chi connectivity index (χ2v) is 3.25. The van der Waals surface area contributed by atoms with Crippen LogP contribution in [0, 0.1) is 0 Å². The molecule has 4 nitrogen and oxygen atoms in total. The lowest BCUT2D eigenvalue weighted by Gasteiger charge is -2.15. The van der Waals surface area contributed by atoms with E-state index in [9.17, 15) is 4.79 Å². The number of likely N-dealkylation sites (tertiary alicyclic amines) is 1. The van der Waals surface area contributed by atoms with E-state index in [0.717, 1.165) is 19.5 Å². The second kappa shape index (κ2) is 5.19. The zero-order valence-corrected chi connectivity index (χ0v) is 8.38. The summed E-state index contributed by atoms with van der Waals surface area (Å²) >= 11 is 0. The van der Waals surface area contributed by atoms with Crippen LogP contribution in [-0.2, 0) is 9.53 Å². The highest BCUT2D eigenvalue weighted by Crippen LogP contribution is 2.08. The first-order valence-corrected chi connectivity index (χ1v) is 4.80. The van der Waals surface area contributed by atoms with Gasteiger partial charge in [-0.25, -0.2) is 0 Å². The van der Waals surface area contributed by atoms with E-state index in [1.54, 1.807) is 0 Å². The summed E-state index contributed by atoms with van der Waals surface area (Å²) in [5.74, 6) is 0.111. The van der Waals surface area contributed by atoms with E-state index in [1.807, 2.05) is 18.9 Å². The van der Waals surface area contributed by atoms with Gasteiger partial charge in [-0.3, -0.25) is 4.79 Å². The van der Waals surface area contributed by atoms with Crippen molar-refractivity contribution in [2.45, 2.75) is 19.4 Å². The Kier molecular flexibility index (Phi) is 4.18. The van der Waals surface area contributed by atoms with Crippen LogP contribution < -0.4 is 5.32 Å². The van der Waals surface area contributed by atoms with E-state index >= 15 is 0 Å². The maximum Gasteiger partial charge on any atom is 0.248 e. The number of likely N-dealkylation sites (N-methyl/N-ethyl adjacent to an activating group) is 1. The van der Waals surface area contributed by atoms with Crippen LogP contribution in [0.5, 0.6) is 0 Å². The Bertz CT molecular complexity index is 173. The van der Waals surface area contributed by atoms with Crippen molar-refractivity contribution in [1.29, 1.82) is 0 Å². The van der Waals surface area contributed by atoms with Crippen molar-refractivity contribution in [2.75, 3.05) is 33.4 Å². The molecule has 0 aliphatic carbocycles. The summed E-state index contributed by atoms with van der Waals surface area (Å²) in [7, 11) is 1.93. The normalized spacial score (nSPS) is 22.3. The third-order valence-corrected chi connectivity index (χ3v) is 2.38. The van der Waals surface area contributed by atoms with Crippen LogP contribution in [0.15, 0.2) is 0 Å². The molecule has 4 heteroatoms. The van der Waals surface area contributed by atoms with Crippen LogP contribution in [0.1, 0.15) is 13.3 Å². The molecule has 0 bridgehead atoms. The maximum atomic E-state index is 11.4. The Morgan fingerprint density at radius 2 is 2.46 bits per heavy atom. The number of hydrogen-bond donors (Lipinski definition) is 1. The molecule has 1 rings (SSSR count). The number of hydrogen-bond acceptors (Lipinski definition) is 3. The Hall–Kier alpha value is -0.610. The van der Waals surface area contributed by atoms with Gasteiger partial charge < -0.3 is 15.0 Å². The molecule has 1 heterocycles. The van der Waals surface area contributed by atoms with E-state index in [0.29, 0.717) is 12.6 Å². The third-order valence-electron chi connectivity index (χ3n) is 2.38. The molecule has 1 saturated heterocycles. The highest BCUT2D eigenvalue weighted by atomic mass is 16.5. The van der Waals surface area contributed by atoms with Crippen molar-refractivity contribution in [2.24, 2.45) is 0 Å². The van der Waals surface area contributed by atoms with Gasteiger partial charge in [0.2, 0.25) is 5.91 Å². The van der Waals surface area contributed by atoms with E-state index in [-0.39, 0.29) is 12.5 Å². The molecular formula is C9H18N2O2. The van der Waals surface area contributed by atoms with Crippen molar-refractivity contribution in [1.82, 2.24) is 10.2 Å². The molecule has 0 saturated carbocycles. The van der Waals surface area contributed by atoms with Crippen molar-refractivity contribution in [3.63, 3.8) is 0 Å². The van der Waals surface area contributed by atoms with Gasteiger partial charge in [-0.05, 0) is 20.4 Å². The number of rotatable bonds is 4. The second-order valence-electron chi connectivity index (χ2n) is 3.25. The number of amides is 1. The summed E-state index contributed by atoms with van der Waals surface area (Å²) in [5, 5.41) is 3.17. The molecule has 0 aromatic heterocycles. The largest absolute Gasteiger partial charge is 0.372 e. The molecular weight excluding hydrogens is 168 g/mol. The minimum atomic E-state index is 0.111. The van der Waals surface area contributed by atoms with Crippen molar-refractivity contribution >= 4 is 5.91 Å². The smallest absolute Gasteiger partial charge is 0.248 e. The molecule has 1 fully saturated rings. The first-order valence-electron chi connectivity index (χ1n) is 4.80. The highest BCUT2D eigenvalue weighted by Gasteiger charge is 2.24. The Labute approximate surface area is 79.2 Å². The number of carbonyl (C=O) groups is 1. The van der Waals surface area contributed by atoms with Crippen molar-refractivity contribution in [3.8, 4) is 0 Å². The lowest BCUT2D eigenvalue weighted by Crippen LogP contribution is -2.35. The fourth-order valence-corrected chi connectivity index (χ4v) is 1.50. The van der Waals surface area contributed by atoms with Gasteiger partial charge in [0, 0.05) is 25.7 Å². The fourth-order valence-electron chi connectivity index (χ4n) is 1.50. The number of carbonyl (C=O) groups excluding carboxylic acids is 1. The van der Waals surface area contributed by atoms with Crippen molar-refractivity contribution in [3.05, 3.63) is 0 Å². The molecule has 13 heavy (non-hydrogen) atoms. The molecule has 1 aliphatic rings. The zero-order chi connectivity index (χ0) is 9.68. The number of ether oxygens (including phenoxy) is 1. The van der Waals surface area contributed by atoms with Gasteiger partial charge in [-0.2, -0.15) is 0 Å². The lowest BCUT2D eigenvalue weighted by atomic mass is 10.3. The zero-order valence-electron chi connectivity index (χ0n) is 8.38. The van der Waals surface area contributed by atoms with Crippen LogP contribution in [0.25, 0.3) is 0 Å². The number of nitrogens with one attached hydrogen (secondary N) is 1. The molecule has 1 N–H and O–H groups in total. The molecule has 0 radical (unpaired) electrons. The fraction of sp³-hybridized carbons (Fsp3) is 0.889. The molecule has 0 spiro atoms. The minimum absolute atomic E-state index is 0.111. The Morgan fingerprint density at radius 3 is 3.00 bits per heavy atom. The van der Waals surface area contributed by atoms with Gasteiger partial charge >= 0.3 is 0 Å². The Morgan fingerprint density at radius 1 is 1.69 bits per heavy atom. The highest BCUT2D eigenvalue weighted by molar-refractivity contribution is 5.77. The minimum Gasteiger partial charge on any atom is -0.372 e. The summed E-state index contributed by atoms with van der Waals surface area (Å²) in [6.07, 6.45) is 1.05. The molecule has 1 amide bonds. The van der Waals surface area contributed by atoms with Crippen LogP contribution in [0.4, 0.5) is 0 Å². The van der Waals surface area contributed by atoms with Gasteiger partial charge in [0.05, 0.1) is 0 Å². The quantitative estimate of drug-likeness (QED) is 0.663. The third kappa shape index (κ3) is 2.97. The Balaban J connectivity index is 2.25. The SMILES string of the molecule is CCOCC(=O)N1CCC(NC)C1. The molecule has 1 unspecified atom stereocenters. The van der Waals surface area contributed by atoms with E-state index in [4.69, 9.17) is 4.74 Å². The van der Waals surface area contributed by atoms with Gasteiger partial charge in [-0.15, -0.1) is 0 Å². The average Bonchev–Trinajstić information content (AvgIpc) is 2.62. The molecule has 1 aliphatic heterocycles. The topological polar surface area (TPSA) is 41.6 Å².